The third kappa shape index (κ3) is 2.65. The molecule has 0 aliphatic carbocycles. The molecule has 0 saturated carbocycles. The zero-order chi connectivity index (χ0) is 16.6. The summed E-state index contributed by atoms with van der Waals surface area (Å²) in [6.07, 6.45) is 1.31. The number of methoxy groups -OCH3 is 1. The van der Waals surface area contributed by atoms with Gasteiger partial charge in [0.25, 0.3) is 5.91 Å². The maximum atomic E-state index is 12.5. The quantitative estimate of drug-likeness (QED) is 0.838. The molecule has 6 heteroatoms. The molecular formula is C18H19NO4S. The van der Waals surface area contributed by atoms with E-state index in [0.717, 1.165) is 21.9 Å². The predicted octanol–water partition coefficient (Wildman–Crippen LogP) is 3.30. The summed E-state index contributed by atoms with van der Waals surface area (Å²) in [4.78, 5) is 15.1. The van der Waals surface area contributed by atoms with Gasteiger partial charge in [0.1, 0.15) is 0 Å². The van der Waals surface area contributed by atoms with E-state index in [4.69, 9.17) is 14.2 Å². The lowest BCUT2D eigenvalue weighted by molar-refractivity contribution is -0.226. The van der Waals surface area contributed by atoms with Crippen molar-refractivity contribution in [1.82, 2.24) is 4.90 Å². The lowest BCUT2D eigenvalue weighted by Crippen LogP contribution is -2.52. The van der Waals surface area contributed by atoms with Gasteiger partial charge in [0.05, 0.1) is 18.6 Å². The van der Waals surface area contributed by atoms with Gasteiger partial charge >= 0.3 is 0 Å². The first-order valence-corrected chi connectivity index (χ1v) is 8.90. The molecule has 0 atom stereocenters. The van der Waals surface area contributed by atoms with Gasteiger partial charge in [-0.15, -0.1) is 11.3 Å². The van der Waals surface area contributed by atoms with Crippen molar-refractivity contribution in [2.24, 2.45) is 0 Å². The van der Waals surface area contributed by atoms with Crippen molar-refractivity contribution in [3.63, 3.8) is 0 Å². The Morgan fingerprint density at radius 1 is 1.25 bits per heavy atom. The number of thiophene rings is 1. The van der Waals surface area contributed by atoms with E-state index >= 15 is 0 Å². The second-order valence-electron chi connectivity index (χ2n) is 6.02. The Kier molecular flexibility index (Phi) is 3.94. The van der Waals surface area contributed by atoms with Crippen molar-refractivity contribution in [3.05, 3.63) is 46.2 Å². The average Bonchev–Trinajstić information content (AvgIpc) is 3.16. The smallest absolute Gasteiger partial charge is 0.263 e. The number of hydrogen-bond acceptors (Lipinski definition) is 5. The Labute approximate surface area is 144 Å². The molecule has 0 radical (unpaired) electrons. The first-order valence-electron chi connectivity index (χ1n) is 8.02. The van der Waals surface area contributed by atoms with Gasteiger partial charge in [0.15, 0.2) is 11.5 Å². The van der Waals surface area contributed by atoms with Crippen molar-refractivity contribution >= 4 is 17.2 Å². The highest BCUT2D eigenvalue weighted by Gasteiger charge is 2.42. The summed E-state index contributed by atoms with van der Waals surface area (Å²) in [5.41, 5.74) is 0.997. The zero-order valence-electron chi connectivity index (χ0n) is 13.5. The van der Waals surface area contributed by atoms with Crippen molar-refractivity contribution in [2.45, 2.75) is 25.2 Å². The lowest BCUT2D eigenvalue weighted by atomic mass is 10.0. The Balaban J connectivity index is 1.48. The molecule has 1 aromatic heterocycles. The van der Waals surface area contributed by atoms with Crippen LogP contribution in [0.3, 0.4) is 0 Å². The molecule has 2 aromatic rings. The second-order valence-corrected chi connectivity index (χ2v) is 6.97. The number of para-hydroxylation sites is 1. The van der Waals surface area contributed by atoms with Gasteiger partial charge in [-0.05, 0) is 17.5 Å². The largest absolute Gasteiger partial charge is 0.493 e. The summed E-state index contributed by atoms with van der Waals surface area (Å²) in [5.74, 6) is 0.929. The van der Waals surface area contributed by atoms with Crippen LogP contribution in [0.1, 0.15) is 28.1 Å². The molecule has 4 rings (SSSR count). The van der Waals surface area contributed by atoms with Crippen LogP contribution in [0.25, 0.3) is 0 Å². The normalized spacial score (nSPS) is 18.8. The van der Waals surface area contributed by atoms with E-state index in [2.05, 4.69) is 0 Å². The molecule has 24 heavy (non-hydrogen) atoms. The summed E-state index contributed by atoms with van der Waals surface area (Å²) in [7, 11) is 1.64. The number of piperidine rings is 1. The van der Waals surface area contributed by atoms with E-state index in [-0.39, 0.29) is 5.91 Å². The number of hydrogen-bond donors (Lipinski definition) is 0. The molecule has 5 nitrogen and oxygen atoms in total. The highest BCUT2D eigenvalue weighted by Crippen LogP contribution is 2.42. The number of carbonyl (C=O) groups is 1. The van der Waals surface area contributed by atoms with Gasteiger partial charge in [-0.1, -0.05) is 18.2 Å². The fraction of sp³-hybridized carbons (Fsp3) is 0.389. The lowest BCUT2D eigenvalue weighted by Gasteiger charge is -2.44. The van der Waals surface area contributed by atoms with Crippen LogP contribution in [-0.2, 0) is 11.3 Å². The molecule has 2 aliphatic rings. The first kappa shape index (κ1) is 15.5. The van der Waals surface area contributed by atoms with Crippen LogP contribution in [0.5, 0.6) is 11.5 Å². The predicted molar refractivity (Wildman–Crippen MR) is 90.6 cm³/mol. The van der Waals surface area contributed by atoms with E-state index in [9.17, 15) is 4.79 Å². The van der Waals surface area contributed by atoms with E-state index in [1.165, 1.54) is 11.3 Å². The number of likely N-dealkylation sites (tertiary alicyclic amines) is 1. The van der Waals surface area contributed by atoms with Crippen molar-refractivity contribution < 1.29 is 19.0 Å². The Morgan fingerprint density at radius 2 is 2.08 bits per heavy atom. The van der Waals surface area contributed by atoms with E-state index in [0.29, 0.717) is 32.5 Å². The molecule has 2 aliphatic heterocycles. The number of fused-ring (bicyclic) bond motifs is 1. The van der Waals surface area contributed by atoms with E-state index < -0.39 is 5.79 Å². The minimum Gasteiger partial charge on any atom is -0.493 e. The van der Waals surface area contributed by atoms with E-state index in [1.54, 1.807) is 7.11 Å². The molecule has 1 fully saturated rings. The summed E-state index contributed by atoms with van der Waals surface area (Å²) in [6.45, 7) is 1.76. The SMILES string of the molecule is COc1cccc2c1OC1(CCN(C(=O)c3cccs3)CC1)OC2. The van der Waals surface area contributed by atoms with Gasteiger partial charge < -0.3 is 19.1 Å². The number of amides is 1. The van der Waals surface area contributed by atoms with Gasteiger partial charge in [-0.2, -0.15) is 0 Å². The summed E-state index contributed by atoms with van der Waals surface area (Å²) in [6, 6.07) is 9.59. The number of carbonyl (C=O) groups excluding carboxylic acids is 1. The van der Waals surface area contributed by atoms with Gasteiger partial charge in [0, 0.05) is 31.5 Å². The van der Waals surface area contributed by atoms with Crippen LogP contribution in [0.2, 0.25) is 0 Å². The third-order valence-corrected chi connectivity index (χ3v) is 5.46. The molecule has 1 saturated heterocycles. The van der Waals surface area contributed by atoms with Crippen LogP contribution in [-0.4, -0.2) is 36.8 Å². The second kappa shape index (κ2) is 6.11. The minimum absolute atomic E-state index is 0.0913. The van der Waals surface area contributed by atoms with Crippen molar-refractivity contribution in [1.29, 1.82) is 0 Å². The summed E-state index contributed by atoms with van der Waals surface area (Å²) < 4.78 is 17.7. The average molecular weight is 345 g/mol. The monoisotopic (exact) mass is 345 g/mol. The standard InChI is InChI=1S/C18H19NO4S/c1-21-14-5-2-4-13-12-22-18(23-16(13)14)7-9-19(10-8-18)17(20)15-6-3-11-24-15/h2-6,11H,7-10,12H2,1H3. The maximum Gasteiger partial charge on any atom is 0.263 e. The van der Waals surface area contributed by atoms with Crippen LogP contribution < -0.4 is 9.47 Å². The van der Waals surface area contributed by atoms with Gasteiger partial charge in [-0.3, -0.25) is 4.79 Å². The minimum atomic E-state index is -0.659. The molecule has 1 aromatic carbocycles. The number of ether oxygens (including phenoxy) is 3. The fourth-order valence-electron chi connectivity index (χ4n) is 3.23. The molecule has 0 unspecified atom stereocenters. The number of rotatable bonds is 2. The molecule has 126 valence electrons. The Morgan fingerprint density at radius 3 is 2.79 bits per heavy atom. The summed E-state index contributed by atoms with van der Waals surface area (Å²) >= 11 is 1.48. The first-order chi connectivity index (χ1) is 11.7. The van der Waals surface area contributed by atoms with Crippen LogP contribution in [0, 0.1) is 0 Å². The topological polar surface area (TPSA) is 48.0 Å². The van der Waals surface area contributed by atoms with E-state index in [1.807, 2.05) is 40.6 Å². The number of benzene rings is 1. The van der Waals surface area contributed by atoms with Crippen LogP contribution >= 0.6 is 11.3 Å². The number of nitrogens with zero attached hydrogens (tertiary/aromatic N) is 1. The Hall–Kier alpha value is -2.05. The van der Waals surface area contributed by atoms with Gasteiger partial charge in [0.2, 0.25) is 5.79 Å². The highest BCUT2D eigenvalue weighted by molar-refractivity contribution is 7.12. The highest BCUT2D eigenvalue weighted by atomic mass is 32.1. The van der Waals surface area contributed by atoms with Crippen molar-refractivity contribution in [3.8, 4) is 11.5 Å². The molecule has 0 bridgehead atoms. The fourth-order valence-corrected chi connectivity index (χ4v) is 3.92. The molecule has 1 spiro atoms. The van der Waals surface area contributed by atoms with Crippen LogP contribution in [0.15, 0.2) is 35.7 Å². The summed E-state index contributed by atoms with van der Waals surface area (Å²) in [5, 5.41) is 1.93. The molecule has 1 amide bonds. The Bertz CT molecular complexity index is 721. The van der Waals surface area contributed by atoms with Crippen molar-refractivity contribution in [2.75, 3.05) is 20.2 Å². The zero-order valence-corrected chi connectivity index (χ0v) is 14.3. The third-order valence-electron chi connectivity index (χ3n) is 4.60. The van der Waals surface area contributed by atoms with Gasteiger partial charge in [-0.25, -0.2) is 0 Å². The molecule has 3 heterocycles. The van der Waals surface area contributed by atoms with Crippen LogP contribution in [0.4, 0.5) is 0 Å². The molecule has 0 N–H and O–H groups in total. The molecular weight excluding hydrogens is 326 g/mol. The maximum absolute atomic E-state index is 12.5.